The van der Waals surface area contributed by atoms with Crippen molar-refractivity contribution >= 4 is 52.4 Å². The summed E-state index contributed by atoms with van der Waals surface area (Å²) in [6, 6.07) is 11.2. The van der Waals surface area contributed by atoms with Crippen LogP contribution in [0.5, 0.6) is 5.75 Å². The molecule has 9 heteroatoms. The molecule has 0 atom stereocenters. The minimum Gasteiger partial charge on any atom is -0.545 e. The Hall–Kier alpha value is -3.10. The molecule has 2 aromatic rings. The number of carboxylic acid groups (broad SMARTS) is 1. The van der Waals surface area contributed by atoms with Crippen molar-refractivity contribution in [3.8, 4) is 5.75 Å². The Morgan fingerprint density at radius 3 is 2.59 bits per heavy atom. The van der Waals surface area contributed by atoms with E-state index in [0.717, 1.165) is 17.3 Å². The lowest BCUT2D eigenvalue weighted by atomic mass is 10.1. The molecule has 0 radical (unpaired) electrons. The third-order valence-corrected chi connectivity index (χ3v) is 4.94. The number of rotatable bonds is 5. The first-order valence-electron chi connectivity index (χ1n) is 8.34. The summed E-state index contributed by atoms with van der Waals surface area (Å²) in [6.45, 7) is 1.54. The van der Waals surface area contributed by atoms with Gasteiger partial charge >= 0.3 is 0 Å². The fourth-order valence-corrected chi connectivity index (χ4v) is 3.49. The average Bonchev–Trinajstić information content (AvgIpc) is 2.99. The number of carboxylic acids is 1. The van der Waals surface area contributed by atoms with Crippen LogP contribution in [0.25, 0.3) is 6.08 Å². The minimum atomic E-state index is -1.24. The van der Waals surface area contributed by atoms with Crippen LogP contribution in [0.4, 0.5) is 0 Å². The Kier molecular flexibility index (Phi) is 6.36. The fraction of sp³-hybridized carbons (Fsp3) is 0.100. The van der Waals surface area contributed by atoms with E-state index in [2.05, 4.69) is 10.3 Å². The fourth-order valence-electron chi connectivity index (χ4n) is 2.39. The summed E-state index contributed by atoms with van der Waals surface area (Å²) in [5.41, 5.74) is 1.54. The molecule has 1 heterocycles. The molecule has 2 amide bonds. The normalized spacial score (nSPS) is 14.6. The van der Waals surface area contributed by atoms with Crippen molar-refractivity contribution in [2.45, 2.75) is 13.5 Å². The van der Waals surface area contributed by atoms with Gasteiger partial charge in [-0.3, -0.25) is 9.59 Å². The van der Waals surface area contributed by atoms with E-state index < -0.39 is 11.9 Å². The Labute approximate surface area is 175 Å². The first-order valence-corrected chi connectivity index (χ1v) is 9.54. The molecule has 0 saturated heterocycles. The molecule has 0 aliphatic carbocycles. The van der Waals surface area contributed by atoms with Crippen molar-refractivity contribution in [2.75, 3.05) is 0 Å². The number of hydrogen-bond donors (Lipinski definition) is 1. The summed E-state index contributed by atoms with van der Waals surface area (Å²) in [5.74, 6) is -1.53. The standard InChI is InChI=1S/C20H15ClN2O5S/c1-11(24)22-20-23-18(25)17(29-20)9-13-4-7-16(15(21)8-13)28-10-12-2-5-14(6-3-12)19(26)27/h2-9H,10H2,1H3,(H,26,27)(H,22,23,24,25)/p-1. The van der Waals surface area contributed by atoms with Gasteiger partial charge in [-0.05, 0) is 46.7 Å². The largest absolute Gasteiger partial charge is 0.545 e. The summed E-state index contributed by atoms with van der Waals surface area (Å²) in [7, 11) is 0. The molecule has 0 unspecified atom stereocenters. The number of ether oxygens (including phenoxy) is 1. The Balaban J connectivity index is 1.65. The molecule has 0 spiro atoms. The zero-order valence-corrected chi connectivity index (χ0v) is 16.7. The number of carbonyl (C=O) groups is 3. The third-order valence-electron chi connectivity index (χ3n) is 3.74. The smallest absolute Gasteiger partial charge is 0.286 e. The zero-order valence-electron chi connectivity index (χ0n) is 15.1. The number of halogens is 1. The van der Waals surface area contributed by atoms with Gasteiger partial charge in [0, 0.05) is 6.92 Å². The summed E-state index contributed by atoms with van der Waals surface area (Å²) < 4.78 is 5.67. The van der Waals surface area contributed by atoms with Gasteiger partial charge in [-0.1, -0.05) is 41.9 Å². The predicted molar refractivity (Wildman–Crippen MR) is 108 cm³/mol. The van der Waals surface area contributed by atoms with E-state index in [4.69, 9.17) is 16.3 Å². The number of aliphatic imine (C=N–C) groups is 1. The summed E-state index contributed by atoms with van der Waals surface area (Å²) >= 11 is 7.34. The topological polar surface area (TPSA) is 108 Å². The molecule has 1 aliphatic heterocycles. The highest BCUT2D eigenvalue weighted by Gasteiger charge is 2.22. The van der Waals surface area contributed by atoms with Crippen LogP contribution in [0.15, 0.2) is 52.4 Å². The molecule has 7 nitrogen and oxygen atoms in total. The molecule has 1 aliphatic rings. The van der Waals surface area contributed by atoms with Gasteiger partial charge in [0.2, 0.25) is 5.91 Å². The number of nitrogens with zero attached hydrogens (tertiary/aromatic N) is 1. The first-order chi connectivity index (χ1) is 13.8. The number of aromatic carboxylic acids is 1. The van der Waals surface area contributed by atoms with Crippen molar-refractivity contribution < 1.29 is 24.2 Å². The Morgan fingerprint density at radius 1 is 1.24 bits per heavy atom. The number of carbonyl (C=O) groups excluding carboxylic acids is 3. The first kappa shape index (κ1) is 20.6. The van der Waals surface area contributed by atoms with Gasteiger partial charge in [0.25, 0.3) is 5.91 Å². The quantitative estimate of drug-likeness (QED) is 0.731. The minimum absolute atomic E-state index is 0.0918. The molecular formula is C20H14ClN2O5S-. The SMILES string of the molecule is CC(=O)NC1=NC(=O)C(=Cc2ccc(OCc3ccc(C(=O)[O-])cc3)c(Cl)c2)S1. The van der Waals surface area contributed by atoms with Crippen molar-refractivity contribution in [2.24, 2.45) is 4.99 Å². The van der Waals surface area contributed by atoms with Gasteiger partial charge in [0.1, 0.15) is 12.4 Å². The van der Waals surface area contributed by atoms with Gasteiger partial charge in [0.15, 0.2) is 5.17 Å². The average molecular weight is 430 g/mol. The molecular weight excluding hydrogens is 416 g/mol. The lowest BCUT2D eigenvalue weighted by molar-refractivity contribution is -0.255. The van der Waals surface area contributed by atoms with Gasteiger partial charge < -0.3 is 20.0 Å². The Morgan fingerprint density at radius 2 is 1.97 bits per heavy atom. The molecule has 3 rings (SSSR count). The second-order valence-electron chi connectivity index (χ2n) is 5.98. The molecule has 0 saturated carbocycles. The van der Waals surface area contributed by atoms with Gasteiger partial charge in [-0.25, -0.2) is 0 Å². The van der Waals surface area contributed by atoms with Crippen LogP contribution in [-0.2, 0) is 16.2 Å². The molecule has 148 valence electrons. The number of thioether (sulfide) groups is 1. The molecule has 29 heavy (non-hydrogen) atoms. The number of benzene rings is 2. The van der Waals surface area contributed by atoms with E-state index in [0.29, 0.717) is 21.2 Å². The van der Waals surface area contributed by atoms with Crippen molar-refractivity contribution in [1.82, 2.24) is 5.32 Å². The van der Waals surface area contributed by atoms with Crippen LogP contribution >= 0.6 is 23.4 Å². The lowest BCUT2D eigenvalue weighted by Crippen LogP contribution is -2.23. The Bertz CT molecular complexity index is 1050. The van der Waals surface area contributed by atoms with Gasteiger partial charge in [-0.15, -0.1) is 0 Å². The van der Waals surface area contributed by atoms with E-state index in [9.17, 15) is 19.5 Å². The van der Waals surface area contributed by atoms with Gasteiger partial charge in [-0.2, -0.15) is 4.99 Å². The summed E-state index contributed by atoms with van der Waals surface area (Å²) in [4.78, 5) is 37.9. The highest BCUT2D eigenvalue weighted by atomic mass is 35.5. The number of hydrogen-bond acceptors (Lipinski definition) is 6. The maximum atomic E-state index is 11.9. The van der Waals surface area contributed by atoms with Crippen LogP contribution in [0.3, 0.4) is 0 Å². The highest BCUT2D eigenvalue weighted by Crippen LogP contribution is 2.31. The van der Waals surface area contributed by atoms with Gasteiger partial charge in [0.05, 0.1) is 15.9 Å². The lowest BCUT2D eigenvalue weighted by Gasteiger charge is -2.10. The van der Waals surface area contributed by atoms with E-state index in [1.807, 2.05) is 0 Å². The van der Waals surface area contributed by atoms with Crippen LogP contribution in [0, 0.1) is 0 Å². The molecule has 2 aromatic carbocycles. The molecule has 0 aromatic heterocycles. The molecule has 1 N–H and O–H groups in total. The maximum absolute atomic E-state index is 11.9. The second kappa shape index (κ2) is 8.93. The maximum Gasteiger partial charge on any atom is 0.286 e. The van der Waals surface area contributed by atoms with Crippen molar-refractivity contribution in [1.29, 1.82) is 0 Å². The highest BCUT2D eigenvalue weighted by molar-refractivity contribution is 8.18. The van der Waals surface area contributed by atoms with Crippen LogP contribution < -0.4 is 15.2 Å². The molecule has 0 fully saturated rings. The number of amidine groups is 1. The summed E-state index contributed by atoms with van der Waals surface area (Å²) in [5, 5.41) is 13.8. The van der Waals surface area contributed by atoms with E-state index in [1.165, 1.54) is 19.1 Å². The molecule has 0 bridgehead atoms. The van der Waals surface area contributed by atoms with E-state index in [1.54, 1.807) is 36.4 Å². The van der Waals surface area contributed by atoms with E-state index in [-0.39, 0.29) is 23.2 Å². The van der Waals surface area contributed by atoms with Crippen molar-refractivity contribution in [3.05, 3.63) is 69.1 Å². The van der Waals surface area contributed by atoms with Crippen LogP contribution in [0.2, 0.25) is 5.02 Å². The van der Waals surface area contributed by atoms with E-state index >= 15 is 0 Å². The predicted octanol–water partition coefficient (Wildman–Crippen LogP) is 2.39. The zero-order chi connectivity index (χ0) is 21.0. The monoisotopic (exact) mass is 429 g/mol. The number of nitrogens with one attached hydrogen (secondary N) is 1. The third kappa shape index (κ3) is 5.46. The van der Waals surface area contributed by atoms with Crippen LogP contribution in [0.1, 0.15) is 28.4 Å². The number of amides is 2. The van der Waals surface area contributed by atoms with Crippen molar-refractivity contribution in [3.63, 3.8) is 0 Å². The summed E-state index contributed by atoms with van der Waals surface area (Å²) in [6.07, 6.45) is 1.62. The second-order valence-corrected chi connectivity index (χ2v) is 7.41. The van der Waals surface area contributed by atoms with Crippen LogP contribution in [-0.4, -0.2) is 23.0 Å².